The quantitative estimate of drug-likeness (QED) is 0.500. The number of oxime groups is 1. The van der Waals surface area contributed by atoms with E-state index in [2.05, 4.69) is 10.1 Å². The summed E-state index contributed by atoms with van der Waals surface area (Å²) in [6, 6.07) is 10.5. The van der Waals surface area contributed by atoms with Gasteiger partial charge in [0.15, 0.2) is 0 Å². The zero-order chi connectivity index (χ0) is 16.4. The van der Waals surface area contributed by atoms with Crippen LogP contribution in [-0.2, 0) is 0 Å². The molecule has 118 valence electrons. The standard InChI is InChI=1S/C16H13ClFN3O2/c17-10-5-6-15-13(7-10)16(12-3-1-2-4-14(12)18)21(23)9-11(20-15)8-19-22/h1-8,11,22-23H,9H2. The van der Waals surface area contributed by atoms with Crippen LogP contribution in [0.15, 0.2) is 52.6 Å². The molecule has 0 bridgehead atoms. The highest BCUT2D eigenvalue weighted by molar-refractivity contribution is 6.30. The SMILES string of the molecule is ON=CC1CN(O)C(c2ccccc2F)=c2cc(Cl)ccc2=N1. The molecule has 2 N–H and O–H groups in total. The number of fused-ring (bicyclic) bond motifs is 1. The van der Waals surface area contributed by atoms with Crippen LogP contribution in [0.2, 0.25) is 5.02 Å². The summed E-state index contributed by atoms with van der Waals surface area (Å²) in [5.74, 6) is -0.471. The minimum atomic E-state index is -0.589. The average molecular weight is 334 g/mol. The Morgan fingerprint density at radius 2 is 2.09 bits per heavy atom. The summed E-state index contributed by atoms with van der Waals surface area (Å²) in [6.45, 7) is 0.0139. The van der Waals surface area contributed by atoms with Crippen LogP contribution in [0.3, 0.4) is 0 Å². The van der Waals surface area contributed by atoms with Gasteiger partial charge in [-0.3, -0.25) is 15.3 Å². The van der Waals surface area contributed by atoms with Crippen LogP contribution in [0.4, 0.5) is 4.39 Å². The average Bonchev–Trinajstić information content (AvgIpc) is 2.64. The van der Waals surface area contributed by atoms with Crippen LogP contribution < -0.4 is 10.6 Å². The second-order valence-electron chi connectivity index (χ2n) is 5.03. The molecule has 1 heterocycles. The van der Waals surface area contributed by atoms with Crippen LogP contribution >= 0.6 is 11.6 Å². The Morgan fingerprint density at radius 3 is 2.83 bits per heavy atom. The highest BCUT2D eigenvalue weighted by Crippen LogP contribution is 2.19. The van der Waals surface area contributed by atoms with Crippen LogP contribution in [0.5, 0.6) is 0 Å². The number of rotatable bonds is 2. The topological polar surface area (TPSA) is 68.4 Å². The fourth-order valence-electron chi connectivity index (χ4n) is 2.53. The van der Waals surface area contributed by atoms with Crippen LogP contribution in [0.25, 0.3) is 5.70 Å². The van der Waals surface area contributed by atoms with Crippen molar-refractivity contribution in [2.75, 3.05) is 6.54 Å². The van der Waals surface area contributed by atoms with Crippen molar-refractivity contribution in [3.8, 4) is 0 Å². The number of benzene rings is 2. The van der Waals surface area contributed by atoms with Gasteiger partial charge in [0.2, 0.25) is 0 Å². The van der Waals surface area contributed by atoms with E-state index in [9.17, 15) is 9.60 Å². The minimum Gasteiger partial charge on any atom is -0.411 e. The Labute approximate surface area is 136 Å². The lowest BCUT2D eigenvalue weighted by Gasteiger charge is -2.21. The molecule has 1 atom stereocenters. The van der Waals surface area contributed by atoms with Crippen LogP contribution in [-0.4, -0.2) is 34.3 Å². The molecule has 0 fully saturated rings. The molecule has 0 spiro atoms. The van der Waals surface area contributed by atoms with Gasteiger partial charge in [-0.05, 0) is 30.3 Å². The summed E-state index contributed by atoms with van der Waals surface area (Å²) in [4.78, 5) is 4.41. The summed E-state index contributed by atoms with van der Waals surface area (Å²) in [6.07, 6.45) is 1.20. The van der Waals surface area contributed by atoms with Gasteiger partial charge in [0.1, 0.15) is 11.9 Å². The Balaban J connectivity index is 2.38. The second-order valence-corrected chi connectivity index (χ2v) is 5.47. The Hall–Kier alpha value is -2.44. The highest BCUT2D eigenvalue weighted by Gasteiger charge is 2.21. The smallest absolute Gasteiger partial charge is 0.132 e. The summed E-state index contributed by atoms with van der Waals surface area (Å²) in [5, 5.41) is 24.5. The van der Waals surface area contributed by atoms with Crippen molar-refractivity contribution < 1.29 is 14.8 Å². The van der Waals surface area contributed by atoms with Gasteiger partial charge in [-0.25, -0.2) is 4.39 Å². The maximum atomic E-state index is 14.2. The van der Waals surface area contributed by atoms with Crippen molar-refractivity contribution in [3.63, 3.8) is 0 Å². The van der Waals surface area contributed by atoms with Gasteiger partial charge in [-0.15, -0.1) is 0 Å². The number of hydrogen-bond acceptors (Lipinski definition) is 5. The fourth-order valence-corrected chi connectivity index (χ4v) is 2.70. The third-order valence-electron chi connectivity index (χ3n) is 3.50. The predicted octanol–water partition coefficient (Wildman–Crippen LogP) is 1.79. The maximum absolute atomic E-state index is 14.2. The molecule has 0 aromatic heterocycles. The van der Waals surface area contributed by atoms with E-state index in [1.54, 1.807) is 36.4 Å². The molecule has 1 aliphatic heterocycles. The van der Waals surface area contributed by atoms with E-state index in [0.29, 0.717) is 15.6 Å². The first kappa shape index (κ1) is 15.5. The van der Waals surface area contributed by atoms with E-state index < -0.39 is 11.9 Å². The van der Waals surface area contributed by atoms with Gasteiger partial charge >= 0.3 is 0 Å². The van der Waals surface area contributed by atoms with E-state index in [4.69, 9.17) is 16.8 Å². The lowest BCUT2D eigenvalue weighted by Crippen LogP contribution is -2.32. The maximum Gasteiger partial charge on any atom is 0.132 e. The Kier molecular flexibility index (Phi) is 4.27. The van der Waals surface area contributed by atoms with Crippen molar-refractivity contribution in [2.24, 2.45) is 10.1 Å². The van der Waals surface area contributed by atoms with Gasteiger partial charge in [-0.1, -0.05) is 28.9 Å². The first-order valence-electron chi connectivity index (χ1n) is 6.86. The molecule has 0 saturated heterocycles. The number of hydrogen-bond donors (Lipinski definition) is 2. The Bertz CT molecular complexity index is 885. The molecule has 0 aliphatic carbocycles. The zero-order valence-corrected chi connectivity index (χ0v) is 12.7. The lowest BCUT2D eigenvalue weighted by molar-refractivity contribution is -0.0274. The summed E-state index contributed by atoms with van der Waals surface area (Å²) >= 11 is 6.05. The molecular weight excluding hydrogens is 321 g/mol. The van der Waals surface area contributed by atoms with Crippen molar-refractivity contribution in [1.29, 1.82) is 0 Å². The fraction of sp³-hybridized carbons (Fsp3) is 0.125. The predicted molar refractivity (Wildman–Crippen MR) is 83.7 cm³/mol. The molecule has 23 heavy (non-hydrogen) atoms. The third-order valence-corrected chi connectivity index (χ3v) is 3.74. The van der Waals surface area contributed by atoms with Crippen LogP contribution in [0.1, 0.15) is 5.56 Å². The molecule has 0 saturated carbocycles. The van der Waals surface area contributed by atoms with E-state index in [1.807, 2.05) is 0 Å². The van der Waals surface area contributed by atoms with Gasteiger partial charge in [-0.2, -0.15) is 0 Å². The van der Waals surface area contributed by atoms with Gasteiger partial charge < -0.3 is 5.21 Å². The van der Waals surface area contributed by atoms with Crippen molar-refractivity contribution in [2.45, 2.75) is 6.04 Å². The first-order chi connectivity index (χ1) is 11.1. The molecule has 1 aliphatic rings. The largest absolute Gasteiger partial charge is 0.411 e. The minimum absolute atomic E-state index is 0.0139. The molecule has 2 aromatic carbocycles. The monoisotopic (exact) mass is 333 g/mol. The summed E-state index contributed by atoms with van der Waals surface area (Å²) in [5.41, 5.74) is 0.494. The van der Waals surface area contributed by atoms with Crippen LogP contribution in [0, 0.1) is 5.82 Å². The van der Waals surface area contributed by atoms with Crippen molar-refractivity contribution in [3.05, 3.63) is 69.4 Å². The van der Waals surface area contributed by atoms with Gasteiger partial charge in [0.05, 0.1) is 23.8 Å². The summed E-state index contributed by atoms with van der Waals surface area (Å²) < 4.78 is 14.2. The van der Waals surface area contributed by atoms with E-state index in [-0.39, 0.29) is 17.8 Å². The van der Waals surface area contributed by atoms with Gasteiger partial charge in [0, 0.05) is 15.8 Å². The molecule has 0 amide bonds. The Morgan fingerprint density at radius 1 is 1.30 bits per heavy atom. The highest BCUT2D eigenvalue weighted by atomic mass is 35.5. The number of nitrogens with zero attached hydrogens (tertiary/aromatic N) is 3. The molecule has 5 nitrogen and oxygen atoms in total. The number of hydroxylamine groups is 2. The van der Waals surface area contributed by atoms with E-state index >= 15 is 0 Å². The zero-order valence-electron chi connectivity index (χ0n) is 11.9. The third kappa shape index (κ3) is 3.04. The second kappa shape index (κ2) is 6.36. The molecule has 7 heteroatoms. The van der Waals surface area contributed by atoms with E-state index in [0.717, 1.165) is 5.06 Å². The summed E-state index contributed by atoms with van der Waals surface area (Å²) in [7, 11) is 0. The molecule has 2 aromatic rings. The molecule has 1 unspecified atom stereocenters. The van der Waals surface area contributed by atoms with Crippen molar-refractivity contribution >= 4 is 23.5 Å². The van der Waals surface area contributed by atoms with E-state index in [1.165, 1.54) is 12.3 Å². The first-order valence-corrected chi connectivity index (χ1v) is 7.24. The molecule has 0 radical (unpaired) electrons. The van der Waals surface area contributed by atoms with Crippen molar-refractivity contribution in [1.82, 2.24) is 5.06 Å². The number of halogens is 2. The normalized spacial score (nSPS) is 17.8. The molecule has 3 rings (SSSR count). The van der Waals surface area contributed by atoms with Gasteiger partial charge in [0.25, 0.3) is 0 Å². The molecular formula is C16H13ClFN3O2. The lowest BCUT2D eigenvalue weighted by atomic mass is 10.1.